The van der Waals surface area contributed by atoms with Crippen molar-refractivity contribution in [3.63, 3.8) is 0 Å². The quantitative estimate of drug-likeness (QED) is 0.609. The van der Waals surface area contributed by atoms with Gasteiger partial charge in [-0.2, -0.15) is 0 Å². The third-order valence-corrected chi connectivity index (χ3v) is 3.79. The van der Waals surface area contributed by atoms with Crippen LogP contribution in [0.1, 0.15) is 36.7 Å². The van der Waals surface area contributed by atoms with Crippen molar-refractivity contribution in [3.8, 4) is 5.75 Å². The van der Waals surface area contributed by atoms with Crippen molar-refractivity contribution in [2.45, 2.75) is 31.2 Å². The van der Waals surface area contributed by atoms with E-state index in [2.05, 4.69) is 0 Å². The van der Waals surface area contributed by atoms with Crippen LogP contribution in [0.3, 0.4) is 0 Å². The summed E-state index contributed by atoms with van der Waals surface area (Å²) in [5.74, 6) is -0.557. The molecule has 0 bridgehead atoms. The first-order chi connectivity index (χ1) is 8.94. The highest BCUT2D eigenvalue weighted by molar-refractivity contribution is 5.91. The molecule has 3 atom stereocenters. The number of aromatic hydroxyl groups is 1. The minimum atomic E-state index is -1.23. The topological polar surface area (TPSA) is 87.0 Å². The van der Waals surface area contributed by atoms with Crippen molar-refractivity contribution in [1.29, 1.82) is 0 Å². The van der Waals surface area contributed by atoms with Crippen molar-refractivity contribution in [1.82, 2.24) is 0 Å². The Morgan fingerprint density at radius 3 is 2.74 bits per heavy atom. The van der Waals surface area contributed by atoms with E-state index in [1.54, 1.807) is 25.1 Å². The molecule has 0 fully saturated rings. The molecular weight excluding hydrogens is 248 g/mol. The summed E-state index contributed by atoms with van der Waals surface area (Å²) in [6.45, 7) is 1.61. The molecule has 3 N–H and O–H groups in total. The summed E-state index contributed by atoms with van der Waals surface area (Å²) in [5, 5.41) is 30.4. The fraction of sp³-hybridized carbons (Fsp3) is 0.357. The third-order valence-electron chi connectivity index (χ3n) is 3.79. The van der Waals surface area contributed by atoms with Crippen LogP contribution in [-0.2, 0) is 9.53 Å². The number of phenolic OH excluding ortho intramolecular Hbond substituents is 1. The molecular formula is C14H14O5. The normalized spacial score (nSPS) is 33.0. The van der Waals surface area contributed by atoms with Gasteiger partial charge in [-0.05, 0) is 24.6 Å². The van der Waals surface area contributed by atoms with Gasteiger partial charge in [0.25, 0.3) is 0 Å². The van der Waals surface area contributed by atoms with Gasteiger partial charge in [-0.1, -0.05) is 12.1 Å². The Morgan fingerprint density at radius 2 is 2.11 bits per heavy atom. The van der Waals surface area contributed by atoms with Crippen LogP contribution in [0.2, 0.25) is 0 Å². The summed E-state index contributed by atoms with van der Waals surface area (Å²) in [5.41, 5.74) is -0.136. The smallest absolute Gasteiger partial charge is 0.334 e. The Kier molecular flexibility index (Phi) is 2.45. The van der Waals surface area contributed by atoms with E-state index in [-0.39, 0.29) is 12.2 Å². The minimum absolute atomic E-state index is 0.0296. The van der Waals surface area contributed by atoms with Crippen molar-refractivity contribution >= 4 is 5.97 Å². The van der Waals surface area contributed by atoms with Crippen LogP contribution in [0.5, 0.6) is 5.75 Å². The van der Waals surface area contributed by atoms with Crippen LogP contribution in [0, 0.1) is 0 Å². The molecule has 1 aliphatic heterocycles. The van der Waals surface area contributed by atoms with E-state index < -0.39 is 23.8 Å². The average Bonchev–Trinajstić information content (AvgIpc) is 2.62. The van der Waals surface area contributed by atoms with Gasteiger partial charge in [-0.3, -0.25) is 0 Å². The lowest BCUT2D eigenvalue weighted by atomic mass is 9.76. The number of hydrogen-bond donors (Lipinski definition) is 3. The molecule has 3 rings (SSSR count). The van der Waals surface area contributed by atoms with E-state index in [9.17, 15) is 20.1 Å². The van der Waals surface area contributed by atoms with Gasteiger partial charge in [0, 0.05) is 17.6 Å². The van der Waals surface area contributed by atoms with Gasteiger partial charge in [0.1, 0.15) is 11.9 Å². The molecule has 5 nitrogen and oxygen atoms in total. The number of carbonyl (C=O) groups is 1. The van der Waals surface area contributed by atoms with Crippen molar-refractivity contribution < 1.29 is 24.9 Å². The maximum atomic E-state index is 11.5. The number of esters is 1. The van der Waals surface area contributed by atoms with Gasteiger partial charge in [0.05, 0.1) is 6.10 Å². The monoisotopic (exact) mass is 262 g/mol. The summed E-state index contributed by atoms with van der Waals surface area (Å²) in [4.78, 5) is 11.5. The third kappa shape index (κ3) is 1.59. The second-order valence-electron chi connectivity index (χ2n) is 5.07. The molecule has 2 aliphatic rings. The summed E-state index contributed by atoms with van der Waals surface area (Å²) < 4.78 is 5.26. The van der Waals surface area contributed by atoms with Crippen LogP contribution in [0.15, 0.2) is 29.8 Å². The highest BCUT2D eigenvalue weighted by Crippen LogP contribution is 2.50. The second-order valence-corrected chi connectivity index (χ2v) is 5.07. The maximum absolute atomic E-state index is 11.5. The molecule has 1 aromatic rings. The molecule has 0 saturated carbocycles. The van der Waals surface area contributed by atoms with E-state index in [1.807, 2.05) is 0 Å². The van der Waals surface area contributed by atoms with E-state index in [0.717, 1.165) is 0 Å². The van der Waals surface area contributed by atoms with Crippen LogP contribution >= 0.6 is 0 Å². The second kappa shape index (κ2) is 3.82. The molecule has 0 amide bonds. The Morgan fingerprint density at radius 1 is 1.37 bits per heavy atom. The predicted octanol–water partition coefficient (Wildman–Crippen LogP) is 1.10. The van der Waals surface area contributed by atoms with Gasteiger partial charge < -0.3 is 20.1 Å². The first-order valence-corrected chi connectivity index (χ1v) is 6.05. The molecule has 19 heavy (non-hydrogen) atoms. The molecule has 100 valence electrons. The van der Waals surface area contributed by atoms with E-state index >= 15 is 0 Å². The van der Waals surface area contributed by atoms with Gasteiger partial charge in [0.2, 0.25) is 0 Å². The number of hydrogen-bond acceptors (Lipinski definition) is 5. The SMILES string of the molecule is CC1=C[C@@]2(C[C@@H](O)c3c(O)cccc3[C@@H]2O)OC1=O. The fourth-order valence-electron chi connectivity index (χ4n) is 2.89. The molecule has 0 unspecified atom stereocenters. The molecule has 0 saturated heterocycles. The van der Waals surface area contributed by atoms with Crippen LogP contribution in [0.25, 0.3) is 0 Å². The number of fused-ring (bicyclic) bond motifs is 1. The van der Waals surface area contributed by atoms with Crippen LogP contribution < -0.4 is 0 Å². The lowest BCUT2D eigenvalue weighted by molar-refractivity contribution is -0.162. The van der Waals surface area contributed by atoms with Crippen LogP contribution in [0.4, 0.5) is 0 Å². The van der Waals surface area contributed by atoms with Crippen molar-refractivity contribution in [2.75, 3.05) is 0 Å². The number of aliphatic hydroxyl groups excluding tert-OH is 2. The van der Waals surface area contributed by atoms with Gasteiger partial charge in [-0.25, -0.2) is 4.79 Å². The minimum Gasteiger partial charge on any atom is -0.508 e. The lowest BCUT2D eigenvalue weighted by Crippen LogP contribution is -2.41. The average molecular weight is 262 g/mol. The maximum Gasteiger partial charge on any atom is 0.334 e. The number of rotatable bonds is 0. The highest BCUT2D eigenvalue weighted by atomic mass is 16.6. The molecule has 1 aromatic carbocycles. The predicted molar refractivity (Wildman–Crippen MR) is 65.2 cm³/mol. The summed E-state index contributed by atoms with van der Waals surface area (Å²) >= 11 is 0. The number of ether oxygens (including phenoxy) is 1. The Hall–Kier alpha value is -1.85. The van der Waals surface area contributed by atoms with Crippen molar-refractivity contribution in [3.05, 3.63) is 41.0 Å². The van der Waals surface area contributed by atoms with Gasteiger partial charge >= 0.3 is 5.97 Å². The molecule has 1 aliphatic carbocycles. The molecule has 0 aromatic heterocycles. The first kappa shape index (κ1) is 12.2. The molecule has 5 heteroatoms. The van der Waals surface area contributed by atoms with Gasteiger partial charge in [0.15, 0.2) is 5.60 Å². The zero-order chi connectivity index (χ0) is 13.8. The highest BCUT2D eigenvalue weighted by Gasteiger charge is 2.51. The lowest BCUT2D eigenvalue weighted by Gasteiger charge is -2.39. The Balaban J connectivity index is 2.14. The number of phenols is 1. The van der Waals surface area contributed by atoms with E-state index in [4.69, 9.17) is 4.74 Å². The standard InChI is InChI=1S/C14H14O5/c1-7-5-14(19-13(7)18)6-10(16)11-8(12(14)17)3-2-4-9(11)15/h2-5,10,12,15-17H,6H2,1H3/t10-,12+,14+/m1/s1. The zero-order valence-electron chi connectivity index (χ0n) is 10.3. The number of benzene rings is 1. The fourth-order valence-corrected chi connectivity index (χ4v) is 2.89. The van der Waals surface area contributed by atoms with Crippen LogP contribution in [-0.4, -0.2) is 26.9 Å². The zero-order valence-corrected chi connectivity index (χ0v) is 10.3. The Labute approximate surface area is 109 Å². The molecule has 0 radical (unpaired) electrons. The summed E-state index contributed by atoms with van der Waals surface area (Å²) in [6.07, 6.45) is -0.508. The molecule has 1 heterocycles. The first-order valence-electron chi connectivity index (χ1n) is 6.05. The summed E-state index contributed by atoms with van der Waals surface area (Å²) in [6, 6.07) is 4.64. The molecule has 1 spiro atoms. The number of carbonyl (C=O) groups excluding carboxylic acids is 1. The van der Waals surface area contributed by atoms with Gasteiger partial charge in [-0.15, -0.1) is 0 Å². The largest absolute Gasteiger partial charge is 0.508 e. The van der Waals surface area contributed by atoms with E-state index in [1.165, 1.54) is 6.07 Å². The summed E-state index contributed by atoms with van der Waals surface area (Å²) in [7, 11) is 0. The van der Waals surface area contributed by atoms with E-state index in [0.29, 0.717) is 16.7 Å². The Bertz CT molecular complexity index is 591. The van der Waals surface area contributed by atoms with Crippen molar-refractivity contribution in [2.24, 2.45) is 0 Å². The number of aliphatic hydroxyl groups is 2.